The molecule has 30 heavy (non-hydrogen) atoms. The van der Waals surface area contributed by atoms with E-state index >= 15 is 0 Å². The predicted octanol–water partition coefficient (Wildman–Crippen LogP) is 4.48. The average molecular weight is 465 g/mol. The van der Waals surface area contributed by atoms with Crippen LogP contribution in [-0.2, 0) is 14.8 Å². The van der Waals surface area contributed by atoms with Crippen LogP contribution in [0.25, 0.3) is 0 Å². The van der Waals surface area contributed by atoms with Crippen molar-refractivity contribution in [3.8, 4) is 5.75 Å². The minimum Gasteiger partial charge on any atom is -0.484 e. The summed E-state index contributed by atoms with van der Waals surface area (Å²) in [5, 5.41) is 5.14. The molecule has 0 bridgehead atoms. The van der Waals surface area contributed by atoms with Crippen molar-refractivity contribution in [2.24, 2.45) is 0 Å². The van der Waals surface area contributed by atoms with Crippen LogP contribution in [0, 0.1) is 0 Å². The molecule has 9 heteroatoms. The van der Waals surface area contributed by atoms with Gasteiger partial charge in [-0.1, -0.05) is 35.9 Å². The number of carbonyl (C=O) groups excluding carboxylic acids is 1. The topological polar surface area (TPSA) is 75.7 Å². The van der Waals surface area contributed by atoms with E-state index in [1.165, 1.54) is 11.4 Å². The molecule has 1 heterocycles. The molecule has 0 saturated heterocycles. The lowest BCUT2D eigenvalue weighted by Gasteiger charge is -2.19. The Morgan fingerprint density at radius 1 is 1.13 bits per heavy atom. The highest BCUT2D eigenvalue weighted by molar-refractivity contribution is 7.94. The first-order valence-electron chi connectivity index (χ1n) is 9.08. The number of rotatable bonds is 8. The van der Waals surface area contributed by atoms with Gasteiger partial charge in [-0.3, -0.25) is 9.10 Å². The Morgan fingerprint density at radius 2 is 1.83 bits per heavy atom. The fourth-order valence-electron chi connectivity index (χ4n) is 2.77. The number of nitrogens with zero attached hydrogens (tertiary/aromatic N) is 1. The zero-order chi connectivity index (χ0) is 21.7. The summed E-state index contributed by atoms with van der Waals surface area (Å²) in [5.41, 5.74) is 1.32. The molecule has 1 atom stereocenters. The van der Waals surface area contributed by atoms with Gasteiger partial charge in [0, 0.05) is 12.1 Å². The lowest BCUT2D eigenvalue weighted by molar-refractivity contribution is -0.123. The van der Waals surface area contributed by atoms with Crippen molar-refractivity contribution in [1.29, 1.82) is 0 Å². The highest BCUT2D eigenvalue weighted by atomic mass is 35.5. The third kappa shape index (κ3) is 5.13. The van der Waals surface area contributed by atoms with Crippen molar-refractivity contribution in [2.75, 3.05) is 18.0 Å². The number of halogens is 1. The smallest absolute Gasteiger partial charge is 0.273 e. The molecule has 3 rings (SSSR count). The number of sulfonamides is 1. The summed E-state index contributed by atoms with van der Waals surface area (Å²) in [6.45, 7) is 1.68. The second kappa shape index (κ2) is 9.51. The Kier molecular flexibility index (Phi) is 7.02. The van der Waals surface area contributed by atoms with Crippen LogP contribution in [0.1, 0.15) is 18.5 Å². The summed E-state index contributed by atoms with van der Waals surface area (Å²) < 4.78 is 32.2. The highest BCUT2D eigenvalue weighted by Crippen LogP contribution is 2.26. The number of nitrogens with one attached hydrogen (secondary N) is 1. The quantitative estimate of drug-likeness (QED) is 0.533. The van der Waals surface area contributed by atoms with E-state index < -0.39 is 10.0 Å². The summed E-state index contributed by atoms with van der Waals surface area (Å²) in [6, 6.07) is 16.8. The van der Waals surface area contributed by atoms with Gasteiger partial charge in [0.1, 0.15) is 9.96 Å². The molecule has 158 valence electrons. The molecule has 0 aliphatic heterocycles. The van der Waals surface area contributed by atoms with Gasteiger partial charge in [0.05, 0.1) is 11.7 Å². The SMILES string of the molecule is CC(NC(=O)COc1ccc(N(C)S(=O)(=O)c2cccs2)cc1)c1ccccc1Cl. The van der Waals surface area contributed by atoms with Gasteiger partial charge in [0.2, 0.25) is 0 Å². The van der Waals surface area contributed by atoms with Gasteiger partial charge in [-0.05, 0) is 54.3 Å². The van der Waals surface area contributed by atoms with Gasteiger partial charge < -0.3 is 10.1 Å². The summed E-state index contributed by atoms with van der Waals surface area (Å²) in [7, 11) is -2.10. The largest absolute Gasteiger partial charge is 0.484 e. The fourth-order valence-corrected chi connectivity index (χ4v) is 5.43. The minimum atomic E-state index is -3.59. The molecule has 0 radical (unpaired) electrons. The number of hydrogen-bond donors (Lipinski definition) is 1. The Balaban J connectivity index is 1.57. The molecule has 2 aromatic carbocycles. The summed E-state index contributed by atoms with van der Waals surface area (Å²) in [4.78, 5) is 12.2. The highest BCUT2D eigenvalue weighted by Gasteiger charge is 2.22. The molecule has 1 unspecified atom stereocenters. The molecule has 1 N–H and O–H groups in total. The first-order valence-corrected chi connectivity index (χ1v) is 11.8. The molecular weight excluding hydrogens is 444 g/mol. The monoisotopic (exact) mass is 464 g/mol. The standard InChI is InChI=1S/C21H21ClN2O4S2/c1-15(18-6-3-4-7-19(18)22)23-20(25)14-28-17-11-9-16(10-12-17)24(2)30(26,27)21-8-5-13-29-21/h3-13,15H,14H2,1-2H3,(H,23,25). The fraction of sp³-hybridized carbons (Fsp3) is 0.190. The summed E-state index contributed by atoms with van der Waals surface area (Å²) in [5.74, 6) is 0.171. The number of thiophene rings is 1. The van der Waals surface area contributed by atoms with Crippen LogP contribution in [0.4, 0.5) is 5.69 Å². The number of anilines is 1. The van der Waals surface area contributed by atoms with Crippen molar-refractivity contribution in [2.45, 2.75) is 17.2 Å². The van der Waals surface area contributed by atoms with Gasteiger partial charge in [-0.25, -0.2) is 8.42 Å². The van der Waals surface area contributed by atoms with Gasteiger partial charge in [-0.15, -0.1) is 11.3 Å². The number of carbonyl (C=O) groups is 1. The van der Waals surface area contributed by atoms with Crippen molar-refractivity contribution < 1.29 is 17.9 Å². The van der Waals surface area contributed by atoms with E-state index in [2.05, 4.69) is 5.32 Å². The summed E-state index contributed by atoms with van der Waals surface area (Å²) in [6.07, 6.45) is 0. The van der Waals surface area contributed by atoms with E-state index in [-0.39, 0.29) is 22.8 Å². The zero-order valence-corrected chi connectivity index (χ0v) is 18.8. The number of ether oxygens (including phenoxy) is 1. The maximum atomic E-state index is 12.6. The van der Waals surface area contributed by atoms with E-state index in [0.29, 0.717) is 16.5 Å². The third-order valence-corrected chi connectivity index (χ3v) is 7.93. The molecule has 1 aromatic heterocycles. The molecule has 0 aliphatic carbocycles. The van der Waals surface area contributed by atoms with Crippen LogP contribution >= 0.6 is 22.9 Å². The first kappa shape index (κ1) is 22.1. The van der Waals surface area contributed by atoms with Crippen LogP contribution in [0.3, 0.4) is 0 Å². The van der Waals surface area contributed by atoms with Crippen LogP contribution in [-0.4, -0.2) is 28.0 Å². The molecule has 6 nitrogen and oxygen atoms in total. The van der Waals surface area contributed by atoms with Crippen LogP contribution in [0.15, 0.2) is 70.3 Å². The maximum absolute atomic E-state index is 12.6. The molecule has 1 amide bonds. The average Bonchev–Trinajstić information content (AvgIpc) is 3.28. The molecule has 0 saturated carbocycles. The molecular formula is C21H21ClN2O4S2. The van der Waals surface area contributed by atoms with Crippen molar-refractivity contribution in [3.05, 3.63) is 76.6 Å². The Labute approximate surface area is 185 Å². The Hall–Kier alpha value is -2.55. The van der Waals surface area contributed by atoms with Crippen molar-refractivity contribution >= 4 is 44.6 Å². The number of hydrogen-bond acceptors (Lipinski definition) is 5. The number of benzene rings is 2. The maximum Gasteiger partial charge on any atom is 0.273 e. The van der Waals surface area contributed by atoms with E-state index in [1.807, 2.05) is 25.1 Å². The second-order valence-corrected chi connectivity index (χ2v) is 10.0. The predicted molar refractivity (Wildman–Crippen MR) is 120 cm³/mol. The van der Waals surface area contributed by atoms with Crippen molar-refractivity contribution in [1.82, 2.24) is 5.32 Å². The minimum absolute atomic E-state index is 0.169. The van der Waals surface area contributed by atoms with E-state index in [0.717, 1.165) is 16.9 Å². The lowest BCUT2D eigenvalue weighted by atomic mass is 10.1. The van der Waals surface area contributed by atoms with E-state index in [4.69, 9.17) is 16.3 Å². The van der Waals surface area contributed by atoms with Gasteiger partial charge in [0.25, 0.3) is 15.9 Å². The molecule has 0 aliphatic rings. The number of amides is 1. The normalized spacial score (nSPS) is 12.2. The van der Waals surface area contributed by atoms with Crippen molar-refractivity contribution in [3.63, 3.8) is 0 Å². The van der Waals surface area contributed by atoms with Crippen LogP contribution < -0.4 is 14.4 Å². The first-order chi connectivity index (χ1) is 14.3. The van der Waals surface area contributed by atoms with Gasteiger partial charge >= 0.3 is 0 Å². The van der Waals surface area contributed by atoms with Gasteiger partial charge in [0.15, 0.2) is 6.61 Å². The molecule has 0 fully saturated rings. The van der Waals surface area contributed by atoms with E-state index in [1.54, 1.807) is 47.8 Å². The Morgan fingerprint density at radius 3 is 2.47 bits per heavy atom. The Bertz CT molecular complexity index is 1100. The second-order valence-electron chi connectivity index (χ2n) is 6.50. The zero-order valence-electron chi connectivity index (χ0n) is 16.4. The molecule has 0 spiro atoms. The van der Waals surface area contributed by atoms with Crippen LogP contribution in [0.2, 0.25) is 5.02 Å². The van der Waals surface area contributed by atoms with Crippen LogP contribution in [0.5, 0.6) is 5.75 Å². The lowest BCUT2D eigenvalue weighted by Crippen LogP contribution is -2.31. The van der Waals surface area contributed by atoms with Gasteiger partial charge in [-0.2, -0.15) is 0 Å². The summed E-state index contributed by atoms with van der Waals surface area (Å²) >= 11 is 7.32. The van der Waals surface area contributed by atoms with E-state index in [9.17, 15) is 13.2 Å². The molecule has 3 aromatic rings. The third-order valence-electron chi connectivity index (χ3n) is 4.43.